The van der Waals surface area contributed by atoms with E-state index in [2.05, 4.69) is 0 Å². The molecule has 0 aliphatic heterocycles. The van der Waals surface area contributed by atoms with E-state index in [9.17, 15) is 21.6 Å². The third-order valence-electron chi connectivity index (χ3n) is 4.10. The van der Waals surface area contributed by atoms with E-state index in [0.29, 0.717) is 0 Å². The number of halogens is 3. The van der Waals surface area contributed by atoms with Gasteiger partial charge in [-0.3, -0.25) is 0 Å². The Bertz CT molecular complexity index is 1110. The molecule has 0 radical (unpaired) electrons. The number of benzene rings is 3. The molecule has 3 aromatic carbocycles. The molecule has 0 saturated heterocycles. The zero-order valence-electron chi connectivity index (χ0n) is 15.3. The first-order valence-corrected chi connectivity index (χ1v) is 11.8. The van der Waals surface area contributed by atoms with Gasteiger partial charge in [0.05, 0.1) is 0 Å². The Kier molecular flexibility index (Phi) is 6.32. The Balaban J connectivity index is 2.37. The second-order valence-electron chi connectivity index (χ2n) is 6.25. The van der Waals surface area contributed by atoms with E-state index >= 15 is 0 Å². The van der Waals surface area contributed by atoms with Crippen molar-refractivity contribution in [2.75, 3.05) is 0 Å². The van der Waals surface area contributed by atoms with Crippen molar-refractivity contribution in [2.45, 2.75) is 16.9 Å². The fourth-order valence-corrected chi connectivity index (χ4v) is 6.68. The molecule has 0 spiro atoms. The number of aryl methyl sites for hydroxylation is 1. The first kappa shape index (κ1) is 21.4. The second-order valence-corrected chi connectivity index (χ2v) is 10.4. The van der Waals surface area contributed by atoms with Gasteiger partial charge < -0.3 is 0 Å². The van der Waals surface area contributed by atoms with Gasteiger partial charge in [-0.1, -0.05) is 0 Å². The van der Waals surface area contributed by atoms with Crippen LogP contribution in [-0.4, -0.2) is 28.4 Å². The predicted octanol–water partition coefficient (Wildman–Crippen LogP) is 5.52. The molecule has 0 unspecified atom stereocenters. The molecule has 0 fully saturated rings. The van der Waals surface area contributed by atoms with Crippen LogP contribution in [0.25, 0.3) is 9.38 Å². The zero-order valence-corrected chi connectivity index (χ0v) is 17.9. The summed E-state index contributed by atoms with van der Waals surface area (Å²) in [6.07, 6.45) is 0. The Hall–Kier alpha value is -2.34. The van der Waals surface area contributed by atoms with Crippen molar-refractivity contribution in [3.63, 3.8) is 0 Å². The summed E-state index contributed by atoms with van der Waals surface area (Å²) >= 11 is -2.06. The van der Waals surface area contributed by atoms with Gasteiger partial charge in [0.15, 0.2) is 0 Å². The van der Waals surface area contributed by atoms with Crippen LogP contribution in [0.3, 0.4) is 0 Å². The summed E-state index contributed by atoms with van der Waals surface area (Å²) in [7, 11) is -4.20. The van der Waals surface area contributed by atoms with Crippen LogP contribution in [0.4, 0.5) is 13.2 Å². The number of hydrogen-bond acceptors (Lipinski definition) is 2. The molecule has 7 heteroatoms. The molecule has 0 atom stereocenters. The molecular formula is C22H17F3O2SSe. The van der Waals surface area contributed by atoms with Crippen LogP contribution in [0, 0.1) is 6.92 Å². The number of alkyl halides is 3. The molecule has 150 valence electrons. The normalized spacial score (nSPS) is 13.1. The molecule has 0 aromatic heterocycles. The molecule has 3 rings (SSSR count). The van der Waals surface area contributed by atoms with E-state index in [4.69, 9.17) is 0 Å². The van der Waals surface area contributed by atoms with Gasteiger partial charge in [0.2, 0.25) is 0 Å². The molecule has 29 heavy (non-hydrogen) atoms. The quantitative estimate of drug-likeness (QED) is 0.355. The molecule has 0 heterocycles. The Morgan fingerprint density at radius 1 is 0.759 bits per heavy atom. The average molecular weight is 481 g/mol. The molecule has 0 amide bonds. The summed E-state index contributed by atoms with van der Waals surface area (Å²) in [5.74, 6) is 0. The fourth-order valence-electron chi connectivity index (χ4n) is 2.77. The van der Waals surface area contributed by atoms with Gasteiger partial charge >= 0.3 is 174 Å². The van der Waals surface area contributed by atoms with Gasteiger partial charge in [-0.25, -0.2) is 0 Å². The van der Waals surface area contributed by atoms with Crippen LogP contribution >= 0.6 is 0 Å². The zero-order chi connectivity index (χ0) is 21.1. The van der Waals surface area contributed by atoms with Crippen molar-refractivity contribution in [3.05, 3.63) is 102 Å². The maximum atomic E-state index is 13.5. The molecule has 0 aliphatic carbocycles. The number of hydrogen-bond donors (Lipinski definition) is 0. The van der Waals surface area contributed by atoms with E-state index in [0.717, 1.165) is 5.56 Å². The van der Waals surface area contributed by atoms with Gasteiger partial charge in [-0.2, -0.15) is 0 Å². The van der Waals surface area contributed by atoms with Gasteiger partial charge in [0, 0.05) is 0 Å². The molecule has 0 bridgehead atoms. The van der Waals surface area contributed by atoms with E-state index in [1.807, 2.05) is 6.92 Å². The van der Waals surface area contributed by atoms with Crippen molar-refractivity contribution in [1.29, 1.82) is 0 Å². The van der Waals surface area contributed by atoms with Crippen molar-refractivity contribution in [2.24, 2.45) is 0 Å². The van der Waals surface area contributed by atoms with Crippen LogP contribution in [0.15, 0.2) is 89.8 Å². The maximum absolute atomic E-state index is 13.5. The van der Waals surface area contributed by atoms with Crippen LogP contribution < -0.4 is 0 Å². The van der Waals surface area contributed by atoms with Gasteiger partial charge in [0.1, 0.15) is 0 Å². The van der Waals surface area contributed by atoms with Crippen LogP contribution in [-0.2, 0) is 9.84 Å². The Morgan fingerprint density at radius 2 is 1.24 bits per heavy atom. The topological polar surface area (TPSA) is 34.1 Å². The van der Waals surface area contributed by atoms with Crippen molar-refractivity contribution >= 4 is 34.2 Å². The molecule has 0 saturated carbocycles. The van der Waals surface area contributed by atoms with Crippen molar-refractivity contribution < 1.29 is 21.6 Å². The summed E-state index contributed by atoms with van der Waals surface area (Å²) in [4.78, 5) is -0.334. The fraction of sp³-hybridized carbons (Fsp3) is 0.0909. The van der Waals surface area contributed by atoms with Gasteiger partial charge in [-0.05, 0) is 0 Å². The summed E-state index contributed by atoms with van der Waals surface area (Å²) in [6, 6.07) is 22.0. The second kappa shape index (κ2) is 8.57. The summed E-state index contributed by atoms with van der Waals surface area (Å²) in [5.41, 5.74) is 1.34. The summed E-state index contributed by atoms with van der Waals surface area (Å²) < 4.78 is 67.4. The minimum atomic E-state index is -4.51. The van der Waals surface area contributed by atoms with Crippen molar-refractivity contribution in [3.8, 4) is 0 Å². The van der Waals surface area contributed by atoms with Crippen LogP contribution in [0.5, 0.6) is 0 Å². The SMILES string of the molecule is Cc1ccc(S(=O)(=O)/C(=C(/[Se]C(F)(F)F)c2ccccc2)c2ccccc2)cc1. The number of rotatable bonds is 5. The molecule has 2 nitrogen and oxygen atoms in total. The van der Waals surface area contributed by atoms with Gasteiger partial charge in [-0.15, -0.1) is 0 Å². The van der Waals surface area contributed by atoms with Crippen LogP contribution in [0.2, 0.25) is 0 Å². The molecule has 0 N–H and O–H groups in total. The first-order chi connectivity index (χ1) is 13.7. The first-order valence-electron chi connectivity index (χ1n) is 8.61. The minimum absolute atomic E-state index is 0.0339. The Labute approximate surface area is 174 Å². The molecule has 0 aliphatic rings. The number of sulfone groups is 1. The van der Waals surface area contributed by atoms with Gasteiger partial charge in [0.25, 0.3) is 0 Å². The molecule has 3 aromatic rings. The van der Waals surface area contributed by atoms with Crippen molar-refractivity contribution in [1.82, 2.24) is 0 Å². The van der Waals surface area contributed by atoms with E-state index in [1.54, 1.807) is 48.5 Å². The average Bonchev–Trinajstić information content (AvgIpc) is 2.68. The summed E-state index contributed by atoms with van der Waals surface area (Å²) in [6.45, 7) is 1.81. The molecular weight excluding hydrogens is 464 g/mol. The Morgan fingerprint density at radius 3 is 1.72 bits per heavy atom. The van der Waals surface area contributed by atoms with E-state index < -0.39 is 29.9 Å². The van der Waals surface area contributed by atoms with Crippen LogP contribution in [0.1, 0.15) is 16.7 Å². The summed E-state index contributed by atoms with van der Waals surface area (Å²) in [5, 5.41) is -4.51. The van der Waals surface area contributed by atoms with E-state index in [-0.39, 0.29) is 25.4 Å². The standard InChI is InChI=1S/C22H17F3O2SSe/c1-16-12-14-19(15-13-16)28(26,27)20(17-8-4-2-5-9-17)21(29-22(23,24)25)18-10-6-3-7-11-18/h2-15H,1H3/b21-20+. The third-order valence-corrected chi connectivity index (χ3v) is 8.09. The predicted molar refractivity (Wildman–Crippen MR) is 110 cm³/mol. The third kappa shape index (κ3) is 5.18. The monoisotopic (exact) mass is 482 g/mol. The van der Waals surface area contributed by atoms with E-state index in [1.165, 1.54) is 36.4 Å².